The molecule has 0 radical (unpaired) electrons. The zero-order valence-corrected chi connectivity index (χ0v) is 10.5. The van der Waals surface area contributed by atoms with Crippen LogP contribution in [0.4, 0.5) is 5.69 Å². The number of hydrogen-bond acceptors (Lipinski definition) is 4. The van der Waals surface area contributed by atoms with Gasteiger partial charge < -0.3 is 15.6 Å². The van der Waals surface area contributed by atoms with Crippen LogP contribution in [0.1, 0.15) is 13.8 Å². The molecule has 1 aromatic carbocycles. The number of benzene rings is 1. The van der Waals surface area contributed by atoms with Crippen LogP contribution in [0, 0.1) is 0 Å². The van der Waals surface area contributed by atoms with Gasteiger partial charge in [-0.15, -0.1) is 0 Å². The van der Waals surface area contributed by atoms with Gasteiger partial charge in [-0.05, 0) is 29.5 Å². The Bertz CT molecular complexity index is 300. The van der Waals surface area contributed by atoms with Crippen LogP contribution in [0.5, 0.6) is 5.75 Å². The predicted octanol–water partition coefficient (Wildman–Crippen LogP) is 2.15. The van der Waals surface area contributed by atoms with E-state index in [-0.39, 0.29) is 0 Å². The number of hydrogen-bond donors (Lipinski definition) is 2. The van der Waals surface area contributed by atoms with Gasteiger partial charge in [0.25, 0.3) is 0 Å². The highest BCUT2D eigenvalue weighted by atomic mass is 32.2. The minimum atomic E-state index is -0.426. The van der Waals surface area contributed by atoms with Crippen molar-refractivity contribution in [2.75, 3.05) is 18.1 Å². The molecule has 0 heterocycles. The first-order valence-corrected chi connectivity index (χ1v) is 6.41. The van der Waals surface area contributed by atoms with Crippen molar-refractivity contribution in [2.45, 2.75) is 25.2 Å². The third-order valence-corrected chi connectivity index (χ3v) is 3.19. The number of thioether (sulfide) groups is 1. The van der Waals surface area contributed by atoms with Crippen molar-refractivity contribution in [3.63, 3.8) is 0 Å². The average Bonchev–Trinajstić information content (AvgIpc) is 2.25. The van der Waals surface area contributed by atoms with E-state index in [0.717, 1.165) is 5.75 Å². The highest BCUT2D eigenvalue weighted by Crippen LogP contribution is 2.15. The van der Waals surface area contributed by atoms with E-state index in [4.69, 9.17) is 10.5 Å². The Morgan fingerprint density at radius 3 is 2.50 bits per heavy atom. The number of ether oxygens (including phenoxy) is 1. The quantitative estimate of drug-likeness (QED) is 0.749. The molecule has 0 amide bonds. The third kappa shape index (κ3) is 5.28. The summed E-state index contributed by atoms with van der Waals surface area (Å²) in [5.74, 6) is 1.44. The Kier molecular flexibility index (Phi) is 5.49. The van der Waals surface area contributed by atoms with Gasteiger partial charge >= 0.3 is 0 Å². The van der Waals surface area contributed by atoms with E-state index in [1.165, 1.54) is 0 Å². The summed E-state index contributed by atoms with van der Waals surface area (Å²) in [5.41, 5.74) is 6.27. The van der Waals surface area contributed by atoms with E-state index < -0.39 is 6.10 Å². The van der Waals surface area contributed by atoms with E-state index in [1.807, 2.05) is 0 Å². The van der Waals surface area contributed by atoms with Gasteiger partial charge in [0.2, 0.25) is 0 Å². The Morgan fingerprint density at radius 2 is 1.94 bits per heavy atom. The van der Waals surface area contributed by atoms with Gasteiger partial charge in [0.05, 0.1) is 6.10 Å². The second kappa shape index (κ2) is 6.66. The summed E-state index contributed by atoms with van der Waals surface area (Å²) in [4.78, 5) is 0. The van der Waals surface area contributed by atoms with Gasteiger partial charge in [-0.25, -0.2) is 0 Å². The maximum Gasteiger partial charge on any atom is 0.119 e. The molecule has 0 saturated heterocycles. The van der Waals surface area contributed by atoms with Crippen molar-refractivity contribution in [3.8, 4) is 5.75 Å². The van der Waals surface area contributed by atoms with Crippen molar-refractivity contribution in [1.29, 1.82) is 0 Å². The summed E-state index contributed by atoms with van der Waals surface area (Å²) in [6.07, 6.45) is -0.426. The molecule has 3 N–H and O–H groups in total. The van der Waals surface area contributed by atoms with E-state index in [9.17, 15) is 5.11 Å². The lowest BCUT2D eigenvalue weighted by Crippen LogP contribution is -2.20. The molecule has 0 fully saturated rings. The lowest BCUT2D eigenvalue weighted by molar-refractivity contribution is 0.126. The van der Waals surface area contributed by atoms with Gasteiger partial charge in [0.1, 0.15) is 12.4 Å². The van der Waals surface area contributed by atoms with Crippen LogP contribution in [0.2, 0.25) is 0 Å². The van der Waals surface area contributed by atoms with Crippen LogP contribution in [0.25, 0.3) is 0 Å². The maximum atomic E-state index is 9.64. The summed E-state index contributed by atoms with van der Waals surface area (Å²) < 4.78 is 5.44. The second-order valence-electron chi connectivity index (χ2n) is 3.92. The molecule has 90 valence electrons. The van der Waals surface area contributed by atoms with Gasteiger partial charge in [-0.3, -0.25) is 0 Å². The molecular formula is C12H19NO2S. The summed E-state index contributed by atoms with van der Waals surface area (Å²) in [6, 6.07) is 7.17. The Morgan fingerprint density at radius 1 is 1.31 bits per heavy atom. The van der Waals surface area contributed by atoms with E-state index in [1.54, 1.807) is 36.0 Å². The van der Waals surface area contributed by atoms with Crippen LogP contribution < -0.4 is 10.5 Å². The van der Waals surface area contributed by atoms with Crippen molar-refractivity contribution < 1.29 is 9.84 Å². The fraction of sp³-hybridized carbons (Fsp3) is 0.500. The molecule has 0 aromatic heterocycles. The minimum Gasteiger partial charge on any atom is -0.491 e. The van der Waals surface area contributed by atoms with Crippen LogP contribution >= 0.6 is 11.8 Å². The molecule has 0 aliphatic heterocycles. The summed E-state index contributed by atoms with van der Waals surface area (Å²) in [7, 11) is 0. The molecular weight excluding hydrogens is 222 g/mol. The monoisotopic (exact) mass is 241 g/mol. The summed E-state index contributed by atoms with van der Waals surface area (Å²) in [6.45, 7) is 4.54. The van der Waals surface area contributed by atoms with E-state index >= 15 is 0 Å². The standard InChI is InChI=1S/C12H19NO2S/c1-9(2)16-8-11(14)7-15-12-5-3-10(13)4-6-12/h3-6,9,11,14H,7-8,13H2,1-2H3. The topological polar surface area (TPSA) is 55.5 Å². The molecule has 0 spiro atoms. The molecule has 1 unspecified atom stereocenters. The predicted molar refractivity (Wildman–Crippen MR) is 70.0 cm³/mol. The highest BCUT2D eigenvalue weighted by Gasteiger charge is 2.06. The molecule has 1 rings (SSSR count). The Hall–Kier alpha value is -0.870. The number of anilines is 1. The van der Waals surface area contributed by atoms with Crippen LogP contribution in [-0.2, 0) is 0 Å². The lowest BCUT2D eigenvalue weighted by Gasteiger charge is -2.13. The summed E-state index contributed by atoms with van der Waals surface area (Å²) >= 11 is 1.73. The number of aliphatic hydroxyl groups excluding tert-OH is 1. The molecule has 0 bridgehead atoms. The Labute approximate surface area is 101 Å². The fourth-order valence-electron chi connectivity index (χ4n) is 1.11. The maximum absolute atomic E-state index is 9.64. The van der Waals surface area contributed by atoms with Crippen molar-refractivity contribution in [2.24, 2.45) is 0 Å². The SMILES string of the molecule is CC(C)SCC(O)COc1ccc(N)cc1. The molecule has 3 nitrogen and oxygen atoms in total. The van der Waals surface area contributed by atoms with Gasteiger partial charge in [0, 0.05) is 11.4 Å². The molecule has 1 aromatic rings. The largest absolute Gasteiger partial charge is 0.491 e. The minimum absolute atomic E-state index is 0.323. The number of rotatable bonds is 6. The van der Waals surface area contributed by atoms with Gasteiger partial charge in [-0.1, -0.05) is 13.8 Å². The zero-order chi connectivity index (χ0) is 12.0. The molecule has 0 aliphatic rings. The Balaban J connectivity index is 2.26. The first-order chi connectivity index (χ1) is 7.58. The van der Waals surface area contributed by atoms with E-state index in [0.29, 0.717) is 23.3 Å². The molecule has 4 heteroatoms. The first kappa shape index (κ1) is 13.2. The number of aliphatic hydroxyl groups is 1. The fourth-order valence-corrected chi connectivity index (χ4v) is 1.81. The smallest absolute Gasteiger partial charge is 0.119 e. The second-order valence-corrected chi connectivity index (χ2v) is 5.53. The van der Waals surface area contributed by atoms with E-state index in [2.05, 4.69) is 13.8 Å². The normalized spacial score (nSPS) is 12.8. The first-order valence-electron chi connectivity index (χ1n) is 5.36. The van der Waals surface area contributed by atoms with Crippen molar-refractivity contribution in [1.82, 2.24) is 0 Å². The van der Waals surface area contributed by atoms with Crippen LogP contribution in [0.3, 0.4) is 0 Å². The number of nitrogens with two attached hydrogens (primary N) is 1. The highest BCUT2D eigenvalue weighted by molar-refractivity contribution is 7.99. The van der Waals surface area contributed by atoms with Gasteiger partial charge in [0.15, 0.2) is 0 Å². The zero-order valence-electron chi connectivity index (χ0n) is 9.72. The number of nitrogen functional groups attached to an aromatic ring is 1. The van der Waals surface area contributed by atoms with Gasteiger partial charge in [-0.2, -0.15) is 11.8 Å². The van der Waals surface area contributed by atoms with Crippen LogP contribution in [0.15, 0.2) is 24.3 Å². The molecule has 0 saturated carbocycles. The molecule has 1 atom stereocenters. The van der Waals surface area contributed by atoms with Crippen molar-refractivity contribution in [3.05, 3.63) is 24.3 Å². The van der Waals surface area contributed by atoms with Crippen LogP contribution in [-0.4, -0.2) is 28.8 Å². The van der Waals surface area contributed by atoms with Crippen molar-refractivity contribution >= 4 is 17.4 Å². The average molecular weight is 241 g/mol. The third-order valence-electron chi connectivity index (χ3n) is 1.94. The molecule has 0 aliphatic carbocycles. The summed E-state index contributed by atoms with van der Waals surface area (Å²) in [5, 5.41) is 10.2. The lowest BCUT2D eigenvalue weighted by atomic mass is 10.3. The molecule has 16 heavy (non-hydrogen) atoms.